The number of hydrogen-bond donors (Lipinski definition) is 1. The number of rotatable bonds is 3. The standard InChI is InChI=1S/C12H17ClN2/c13-9-10-2-1-3-12(8-10)15-11-4-6-14-7-5-11/h4-7,10,12H,1-3,8-9H2,(H,14,15). The van der Waals surface area contributed by atoms with Crippen molar-refractivity contribution in [1.29, 1.82) is 0 Å². The smallest absolute Gasteiger partial charge is 0.0373 e. The van der Waals surface area contributed by atoms with Crippen molar-refractivity contribution in [1.82, 2.24) is 4.98 Å². The van der Waals surface area contributed by atoms with Gasteiger partial charge >= 0.3 is 0 Å². The third-order valence-electron chi connectivity index (χ3n) is 3.05. The molecule has 1 N–H and O–H groups in total. The van der Waals surface area contributed by atoms with Crippen LogP contribution in [-0.4, -0.2) is 16.9 Å². The lowest BCUT2D eigenvalue weighted by Gasteiger charge is -2.29. The molecule has 2 rings (SSSR count). The lowest BCUT2D eigenvalue weighted by molar-refractivity contribution is 0.362. The average molecular weight is 225 g/mol. The number of anilines is 1. The van der Waals surface area contributed by atoms with Gasteiger partial charge in [0.2, 0.25) is 0 Å². The number of pyridine rings is 1. The van der Waals surface area contributed by atoms with Crippen molar-refractivity contribution >= 4 is 17.3 Å². The third-order valence-corrected chi connectivity index (χ3v) is 3.49. The summed E-state index contributed by atoms with van der Waals surface area (Å²) in [5.41, 5.74) is 1.17. The van der Waals surface area contributed by atoms with Crippen LogP contribution in [0.15, 0.2) is 24.5 Å². The second-order valence-electron chi connectivity index (χ2n) is 4.26. The van der Waals surface area contributed by atoms with Gasteiger partial charge in [-0.25, -0.2) is 0 Å². The number of nitrogens with one attached hydrogen (secondary N) is 1. The highest BCUT2D eigenvalue weighted by molar-refractivity contribution is 6.18. The van der Waals surface area contributed by atoms with Crippen molar-refractivity contribution in [2.24, 2.45) is 5.92 Å². The fourth-order valence-corrected chi connectivity index (χ4v) is 2.53. The lowest BCUT2D eigenvalue weighted by atomic mass is 9.87. The first-order valence-corrected chi connectivity index (χ1v) is 6.14. The Bertz CT molecular complexity index is 289. The molecule has 1 aromatic heterocycles. The zero-order chi connectivity index (χ0) is 10.5. The molecule has 1 aliphatic rings. The van der Waals surface area contributed by atoms with Crippen LogP contribution in [0.5, 0.6) is 0 Å². The van der Waals surface area contributed by atoms with Gasteiger partial charge in [-0.3, -0.25) is 4.98 Å². The zero-order valence-electron chi connectivity index (χ0n) is 8.82. The van der Waals surface area contributed by atoms with Crippen molar-refractivity contribution in [3.8, 4) is 0 Å². The quantitative estimate of drug-likeness (QED) is 0.797. The molecule has 1 heterocycles. The summed E-state index contributed by atoms with van der Waals surface area (Å²) in [4.78, 5) is 4.01. The van der Waals surface area contributed by atoms with Crippen molar-refractivity contribution in [3.63, 3.8) is 0 Å². The van der Waals surface area contributed by atoms with E-state index in [1.165, 1.54) is 31.4 Å². The molecule has 0 bridgehead atoms. The maximum absolute atomic E-state index is 5.91. The number of aromatic nitrogens is 1. The second kappa shape index (κ2) is 5.36. The molecule has 82 valence electrons. The maximum atomic E-state index is 5.91. The van der Waals surface area contributed by atoms with E-state index in [4.69, 9.17) is 11.6 Å². The Kier molecular flexibility index (Phi) is 3.84. The minimum Gasteiger partial charge on any atom is -0.382 e. The highest BCUT2D eigenvalue weighted by Crippen LogP contribution is 2.27. The van der Waals surface area contributed by atoms with E-state index in [1.54, 1.807) is 0 Å². The van der Waals surface area contributed by atoms with Crippen LogP contribution >= 0.6 is 11.6 Å². The summed E-state index contributed by atoms with van der Waals surface area (Å²) in [6, 6.07) is 4.62. The fourth-order valence-electron chi connectivity index (χ4n) is 2.25. The second-order valence-corrected chi connectivity index (χ2v) is 4.57. The predicted octanol–water partition coefficient (Wildman–Crippen LogP) is 3.29. The summed E-state index contributed by atoms with van der Waals surface area (Å²) in [5.74, 6) is 1.49. The minimum absolute atomic E-state index is 0.588. The van der Waals surface area contributed by atoms with Gasteiger partial charge in [-0.2, -0.15) is 0 Å². The normalized spacial score (nSPS) is 26.2. The summed E-state index contributed by atoms with van der Waals surface area (Å²) in [6.07, 6.45) is 8.69. The predicted molar refractivity (Wildman–Crippen MR) is 64.3 cm³/mol. The van der Waals surface area contributed by atoms with Crippen LogP contribution in [0.1, 0.15) is 25.7 Å². The molecule has 1 fully saturated rings. The Labute approximate surface area is 96.1 Å². The molecule has 2 nitrogen and oxygen atoms in total. The Balaban J connectivity index is 1.89. The van der Waals surface area contributed by atoms with Crippen LogP contribution in [0.3, 0.4) is 0 Å². The van der Waals surface area contributed by atoms with Gasteiger partial charge in [0.05, 0.1) is 0 Å². The monoisotopic (exact) mass is 224 g/mol. The Morgan fingerprint density at radius 2 is 2.13 bits per heavy atom. The average Bonchev–Trinajstić information content (AvgIpc) is 2.31. The first-order chi connectivity index (χ1) is 7.38. The van der Waals surface area contributed by atoms with Gasteiger partial charge in [-0.05, 0) is 37.3 Å². The van der Waals surface area contributed by atoms with Crippen LogP contribution in [0, 0.1) is 5.92 Å². The van der Waals surface area contributed by atoms with Crippen LogP contribution in [0.2, 0.25) is 0 Å². The molecule has 0 radical (unpaired) electrons. The van der Waals surface area contributed by atoms with Gasteiger partial charge in [0.1, 0.15) is 0 Å². The van der Waals surface area contributed by atoms with Crippen molar-refractivity contribution in [2.75, 3.05) is 11.2 Å². The van der Waals surface area contributed by atoms with E-state index in [0.717, 1.165) is 5.88 Å². The molecule has 1 aliphatic carbocycles. The molecule has 0 amide bonds. The summed E-state index contributed by atoms with van der Waals surface area (Å²) >= 11 is 5.91. The molecular formula is C12H17ClN2. The largest absolute Gasteiger partial charge is 0.382 e. The summed E-state index contributed by atoms with van der Waals surface area (Å²) in [7, 11) is 0. The molecule has 3 heteroatoms. The molecule has 15 heavy (non-hydrogen) atoms. The highest BCUT2D eigenvalue weighted by atomic mass is 35.5. The molecular weight excluding hydrogens is 208 g/mol. The van der Waals surface area contributed by atoms with E-state index in [1.807, 2.05) is 24.5 Å². The molecule has 2 atom stereocenters. The lowest BCUT2D eigenvalue weighted by Crippen LogP contribution is -2.27. The van der Waals surface area contributed by atoms with E-state index in [-0.39, 0.29) is 0 Å². The fraction of sp³-hybridized carbons (Fsp3) is 0.583. The number of halogens is 1. The molecule has 0 saturated heterocycles. The van der Waals surface area contributed by atoms with Gasteiger partial charge in [-0.15, -0.1) is 11.6 Å². The SMILES string of the molecule is ClCC1CCCC(Nc2ccncc2)C1. The third kappa shape index (κ3) is 3.10. The molecule has 1 aromatic rings. The van der Waals surface area contributed by atoms with Crippen molar-refractivity contribution < 1.29 is 0 Å². The first-order valence-electron chi connectivity index (χ1n) is 5.61. The van der Waals surface area contributed by atoms with Gasteiger partial charge in [-0.1, -0.05) is 6.42 Å². The van der Waals surface area contributed by atoms with E-state index in [2.05, 4.69) is 10.3 Å². The molecule has 2 unspecified atom stereocenters. The van der Waals surface area contributed by atoms with Gasteiger partial charge in [0, 0.05) is 30.0 Å². The summed E-state index contributed by atoms with van der Waals surface area (Å²) in [5, 5.41) is 3.55. The van der Waals surface area contributed by atoms with E-state index >= 15 is 0 Å². The molecule has 0 aliphatic heterocycles. The Morgan fingerprint density at radius 3 is 2.87 bits per heavy atom. The summed E-state index contributed by atoms with van der Waals surface area (Å²) in [6.45, 7) is 0. The molecule has 0 spiro atoms. The number of alkyl halides is 1. The van der Waals surface area contributed by atoms with Crippen molar-refractivity contribution in [2.45, 2.75) is 31.7 Å². The topological polar surface area (TPSA) is 24.9 Å². The van der Waals surface area contributed by atoms with Gasteiger partial charge in [0.25, 0.3) is 0 Å². The van der Waals surface area contributed by atoms with Crippen LogP contribution in [0.4, 0.5) is 5.69 Å². The van der Waals surface area contributed by atoms with E-state index < -0.39 is 0 Å². The van der Waals surface area contributed by atoms with Crippen LogP contribution in [-0.2, 0) is 0 Å². The highest BCUT2D eigenvalue weighted by Gasteiger charge is 2.20. The number of hydrogen-bond acceptors (Lipinski definition) is 2. The molecule has 0 aromatic carbocycles. The Morgan fingerprint density at radius 1 is 1.33 bits per heavy atom. The minimum atomic E-state index is 0.588. The Hall–Kier alpha value is -0.760. The zero-order valence-corrected chi connectivity index (χ0v) is 9.58. The van der Waals surface area contributed by atoms with E-state index in [0.29, 0.717) is 12.0 Å². The maximum Gasteiger partial charge on any atom is 0.0373 e. The van der Waals surface area contributed by atoms with Crippen LogP contribution in [0.25, 0.3) is 0 Å². The first kappa shape index (κ1) is 10.7. The van der Waals surface area contributed by atoms with Gasteiger partial charge < -0.3 is 5.32 Å². The van der Waals surface area contributed by atoms with E-state index in [9.17, 15) is 0 Å². The van der Waals surface area contributed by atoms with Gasteiger partial charge in [0.15, 0.2) is 0 Å². The van der Waals surface area contributed by atoms with Crippen molar-refractivity contribution in [3.05, 3.63) is 24.5 Å². The number of nitrogens with zero attached hydrogens (tertiary/aromatic N) is 1. The summed E-state index contributed by atoms with van der Waals surface area (Å²) < 4.78 is 0. The van der Waals surface area contributed by atoms with Crippen LogP contribution < -0.4 is 5.32 Å². The molecule has 1 saturated carbocycles.